The maximum atomic E-state index is 4.31. The molecule has 0 amide bonds. The molecule has 0 aliphatic rings. The maximum Gasteiger partial charge on any atom is 0.187 e. The van der Waals surface area contributed by atoms with Crippen LogP contribution in [0.15, 0.2) is 35.7 Å². The summed E-state index contributed by atoms with van der Waals surface area (Å²) >= 11 is 1.51. The Balaban J connectivity index is 2.42. The van der Waals surface area contributed by atoms with E-state index in [-0.39, 0.29) is 0 Å². The third-order valence-electron chi connectivity index (χ3n) is 1.65. The van der Waals surface area contributed by atoms with Crippen molar-refractivity contribution in [2.75, 3.05) is 6.26 Å². The van der Waals surface area contributed by atoms with Crippen molar-refractivity contribution in [1.82, 2.24) is 20.2 Å². The Morgan fingerprint density at radius 1 is 1.14 bits per heavy atom. The van der Waals surface area contributed by atoms with Gasteiger partial charge in [0.15, 0.2) is 5.16 Å². The Labute approximate surface area is 85.8 Å². The molecule has 0 saturated heterocycles. The van der Waals surface area contributed by atoms with E-state index in [1.807, 2.05) is 24.5 Å². The Morgan fingerprint density at radius 2 is 2.07 bits per heavy atom. The van der Waals surface area contributed by atoms with Gasteiger partial charge in [-0.25, -0.2) is 9.97 Å². The van der Waals surface area contributed by atoms with Gasteiger partial charge < -0.3 is 0 Å². The summed E-state index contributed by atoms with van der Waals surface area (Å²) in [6.45, 7) is 0. The fourth-order valence-corrected chi connectivity index (χ4v) is 1.38. The standard InChI is InChI=1S/C9H8N4S/c1-14-9-10-6-4-7(12-9)8-3-2-5-11-13-8/h2-6H,1H3. The lowest BCUT2D eigenvalue weighted by atomic mass is 10.3. The average molecular weight is 204 g/mol. The number of hydrogen-bond acceptors (Lipinski definition) is 5. The van der Waals surface area contributed by atoms with Crippen molar-refractivity contribution in [1.29, 1.82) is 0 Å². The molecule has 2 aromatic rings. The van der Waals surface area contributed by atoms with Gasteiger partial charge in [-0.2, -0.15) is 5.10 Å². The van der Waals surface area contributed by atoms with E-state index in [2.05, 4.69) is 20.2 Å². The van der Waals surface area contributed by atoms with Crippen molar-refractivity contribution in [3.8, 4) is 11.4 Å². The summed E-state index contributed by atoms with van der Waals surface area (Å²) in [7, 11) is 0. The molecule has 4 nitrogen and oxygen atoms in total. The molecule has 0 saturated carbocycles. The normalized spacial score (nSPS) is 10.1. The first-order valence-corrected chi connectivity index (χ1v) is 5.28. The summed E-state index contributed by atoms with van der Waals surface area (Å²) in [6, 6.07) is 5.53. The van der Waals surface area contributed by atoms with E-state index in [4.69, 9.17) is 0 Å². The molecule has 2 heterocycles. The fraction of sp³-hybridized carbons (Fsp3) is 0.111. The monoisotopic (exact) mass is 204 g/mol. The lowest BCUT2D eigenvalue weighted by Crippen LogP contribution is -1.91. The quantitative estimate of drug-likeness (QED) is 0.550. The van der Waals surface area contributed by atoms with Crippen molar-refractivity contribution >= 4 is 11.8 Å². The second-order valence-electron chi connectivity index (χ2n) is 2.54. The molecule has 0 N–H and O–H groups in total. The van der Waals surface area contributed by atoms with Gasteiger partial charge in [-0.3, -0.25) is 0 Å². The molecule has 2 aromatic heterocycles. The average Bonchev–Trinajstić information content (AvgIpc) is 2.30. The van der Waals surface area contributed by atoms with Gasteiger partial charge in [-0.15, -0.1) is 5.10 Å². The number of rotatable bonds is 2. The molecule has 0 aliphatic heterocycles. The maximum absolute atomic E-state index is 4.31. The molecule has 2 rings (SSSR count). The molecule has 0 aliphatic carbocycles. The van der Waals surface area contributed by atoms with Crippen molar-refractivity contribution < 1.29 is 0 Å². The van der Waals surface area contributed by atoms with Crippen LogP contribution in [0.5, 0.6) is 0 Å². The number of hydrogen-bond donors (Lipinski definition) is 0. The highest BCUT2D eigenvalue weighted by molar-refractivity contribution is 7.98. The Kier molecular flexibility index (Phi) is 2.69. The van der Waals surface area contributed by atoms with Crippen LogP contribution in [0.3, 0.4) is 0 Å². The molecule has 0 bridgehead atoms. The Morgan fingerprint density at radius 3 is 2.79 bits per heavy atom. The molecule has 0 atom stereocenters. The topological polar surface area (TPSA) is 51.6 Å². The van der Waals surface area contributed by atoms with Crippen LogP contribution in [-0.2, 0) is 0 Å². The zero-order valence-electron chi connectivity index (χ0n) is 7.58. The van der Waals surface area contributed by atoms with Gasteiger partial charge in [-0.1, -0.05) is 11.8 Å². The second kappa shape index (κ2) is 4.15. The molecular weight excluding hydrogens is 196 g/mol. The second-order valence-corrected chi connectivity index (χ2v) is 3.31. The minimum atomic E-state index is 0.744. The van der Waals surface area contributed by atoms with E-state index in [1.54, 1.807) is 12.4 Å². The van der Waals surface area contributed by atoms with Gasteiger partial charge >= 0.3 is 0 Å². The van der Waals surface area contributed by atoms with E-state index < -0.39 is 0 Å². The number of aromatic nitrogens is 4. The lowest BCUT2D eigenvalue weighted by molar-refractivity contribution is 0.955. The van der Waals surface area contributed by atoms with E-state index in [9.17, 15) is 0 Å². The molecule has 70 valence electrons. The van der Waals surface area contributed by atoms with Crippen molar-refractivity contribution in [2.45, 2.75) is 5.16 Å². The van der Waals surface area contributed by atoms with Crippen LogP contribution in [-0.4, -0.2) is 26.4 Å². The van der Waals surface area contributed by atoms with Crippen molar-refractivity contribution in [2.24, 2.45) is 0 Å². The summed E-state index contributed by atoms with van der Waals surface area (Å²) in [4.78, 5) is 8.40. The van der Waals surface area contributed by atoms with Crippen molar-refractivity contribution in [3.63, 3.8) is 0 Å². The number of thioether (sulfide) groups is 1. The van der Waals surface area contributed by atoms with E-state index in [1.165, 1.54) is 11.8 Å². The summed E-state index contributed by atoms with van der Waals surface area (Å²) in [5, 5.41) is 8.52. The third kappa shape index (κ3) is 1.88. The van der Waals surface area contributed by atoms with Crippen molar-refractivity contribution in [3.05, 3.63) is 30.6 Å². The first-order chi connectivity index (χ1) is 6.90. The predicted octanol–water partition coefficient (Wildman–Crippen LogP) is 1.66. The highest BCUT2D eigenvalue weighted by Gasteiger charge is 2.01. The van der Waals surface area contributed by atoms with Crippen LogP contribution in [0.1, 0.15) is 0 Å². The molecule has 0 fully saturated rings. The van der Waals surface area contributed by atoms with Crippen LogP contribution in [0.25, 0.3) is 11.4 Å². The SMILES string of the molecule is CSc1nccc(-c2cccnn2)n1. The molecular formula is C9H8N4S. The van der Waals surface area contributed by atoms with Crippen LogP contribution < -0.4 is 0 Å². The fourth-order valence-electron chi connectivity index (χ4n) is 1.02. The summed E-state index contributed by atoms with van der Waals surface area (Å²) in [5.74, 6) is 0. The molecule has 5 heteroatoms. The first kappa shape index (κ1) is 9.08. The van der Waals surface area contributed by atoms with E-state index >= 15 is 0 Å². The zero-order valence-corrected chi connectivity index (χ0v) is 8.40. The smallest absolute Gasteiger partial charge is 0.187 e. The minimum Gasteiger partial charge on any atom is -0.231 e. The largest absolute Gasteiger partial charge is 0.231 e. The van der Waals surface area contributed by atoms with Crippen LogP contribution in [0.4, 0.5) is 0 Å². The summed E-state index contributed by atoms with van der Waals surface area (Å²) in [5.41, 5.74) is 1.57. The van der Waals surface area contributed by atoms with E-state index in [0.29, 0.717) is 0 Å². The highest BCUT2D eigenvalue weighted by atomic mass is 32.2. The third-order valence-corrected chi connectivity index (χ3v) is 2.21. The molecule has 0 radical (unpaired) electrons. The highest BCUT2D eigenvalue weighted by Crippen LogP contribution is 2.15. The van der Waals surface area contributed by atoms with Crippen LogP contribution >= 0.6 is 11.8 Å². The van der Waals surface area contributed by atoms with Crippen LogP contribution in [0.2, 0.25) is 0 Å². The van der Waals surface area contributed by atoms with Crippen LogP contribution in [0, 0.1) is 0 Å². The van der Waals surface area contributed by atoms with Gasteiger partial charge in [0.2, 0.25) is 0 Å². The van der Waals surface area contributed by atoms with Gasteiger partial charge in [0.1, 0.15) is 5.69 Å². The molecule has 0 unspecified atom stereocenters. The summed E-state index contributed by atoms with van der Waals surface area (Å²) in [6.07, 6.45) is 5.30. The molecule has 0 aromatic carbocycles. The van der Waals surface area contributed by atoms with Gasteiger partial charge in [0.25, 0.3) is 0 Å². The molecule has 0 spiro atoms. The first-order valence-electron chi connectivity index (χ1n) is 4.05. The lowest BCUT2D eigenvalue weighted by Gasteiger charge is -1.99. The molecule has 14 heavy (non-hydrogen) atoms. The predicted molar refractivity (Wildman–Crippen MR) is 54.8 cm³/mol. The Bertz CT molecular complexity index is 418. The minimum absolute atomic E-state index is 0.744. The summed E-state index contributed by atoms with van der Waals surface area (Å²) < 4.78 is 0. The van der Waals surface area contributed by atoms with Gasteiger partial charge in [0, 0.05) is 12.4 Å². The van der Waals surface area contributed by atoms with E-state index in [0.717, 1.165) is 16.5 Å². The van der Waals surface area contributed by atoms with Gasteiger partial charge in [-0.05, 0) is 24.5 Å². The Hall–Kier alpha value is -1.49. The zero-order chi connectivity index (χ0) is 9.80. The number of nitrogens with zero attached hydrogens (tertiary/aromatic N) is 4. The van der Waals surface area contributed by atoms with Gasteiger partial charge in [0.05, 0.1) is 5.69 Å².